The predicted molar refractivity (Wildman–Crippen MR) is 78.4 cm³/mol. The lowest BCUT2D eigenvalue weighted by atomic mass is 9.87. The Labute approximate surface area is 113 Å². The Bertz CT molecular complexity index is 617. The Morgan fingerprint density at radius 2 is 1.79 bits per heavy atom. The van der Waals surface area contributed by atoms with Gasteiger partial charge in [-0.15, -0.1) is 0 Å². The van der Waals surface area contributed by atoms with Gasteiger partial charge < -0.3 is 0 Å². The highest BCUT2D eigenvalue weighted by Crippen LogP contribution is 2.27. The van der Waals surface area contributed by atoms with Crippen LogP contribution in [0.1, 0.15) is 38.5 Å². The van der Waals surface area contributed by atoms with E-state index in [1.54, 1.807) is 4.57 Å². The molecule has 0 N–H and O–H groups in total. The molecular formula is C16H22N2O. The highest BCUT2D eigenvalue weighted by molar-refractivity contribution is 5.75. The molecule has 3 nitrogen and oxygen atoms in total. The summed E-state index contributed by atoms with van der Waals surface area (Å²) in [4.78, 5) is 12.3. The maximum atomic E-state index is 12.3. The molecule has 0 saturated heterocycles. The van der Waals surface area contributed by atoms with Gasteiger partial charge in [-0.25, -0.2) is 4.79 Å². The van der Waals surface area contributed by atoms with E-state index in [0.29, 0.717) is 0 Å². The third-order valence-corrected chi connectivity index (χ3v) is 4.54. The van der Waals surface area contributed by atoms with Gasteiger partial charge in [-0.2, -0.15) is 0 Å². The second-order valence-electron chi connectivity index (χ2n) is 5.77. The Balaban J connectivity index is 1.84. The van der Waals surface area contributed by atoms with Crippen LogP contribution >= 0.6 is 0 Å². The number of aromatic nitrogens is 2. The molecule has 19 heavy (non-hydrogen) atoms. The predicted octanol–water partition coefficient (Wildman–Crippen LogP) is 3.31. The van der Waals surface area contributed by atoms with Crippen LogP contribution in [0.4, 0.5) is 0 Å². The molecule has 1 aliphatic rings. The van der Waals surface area contributed by atoms with Crippen LogP contribution in [0.15, 0.2) is 29.1 Å². The van der Waals surface area contributed by atoms with Gasteiger partial charge in [-0.3, -0.25) is 9.13 Å². The first-order valence-electron chi connectivity index (χ1n) is 7.41. The van der Waals surface area contributed by atoms with Crippen molar-refractivity contribution in [2.75, 3.05) is 0 Å². The van der Waals surface area contributed by atoms with Gasteiger partial charge in [-0.1, -0.05) is 44.2 Å². The Hall–Kier alpha value is -1.51. The van der Waals surface area contributed by atoms with E-state index in [9.17, 15) is 4.79 Å². The van der Waals surface area contributed by atoms with E-state index >= 15 is 0 Å². The van der Waals surface area contributed by atoms with Crippen molar-refractivity contribution in [1.82, 2.24) is 9.13 Å². The molecule has 0 amide bonds. The summed E-state index contributed by atoms with van der Waals surface area (Å²) in [6.07, 6.45) is 7.97. The summed E-state index contributed by atoms with van der Waals surface area (Å²) < 4.78 is 3.71. The van der Waals surface area contributed by atoms with Gasteiger partial charge in [0.15, 0.2) is 0 Å². The first-order valence-corrected chi connectivity index (χ1v) is 7.41. The van der Waals surface area contributed by atoms with Gasteiger partial charge in [0.25, 0.3) is 0 Å². The van der Waals surface area contributed by atoms with Gasteiger partial charge in [0, 0.05) is 13.6 Å². The van der Waals surface area contributed by atoms with E-state index in [1.165, 1.54) is 32.1 Å². The standard InChI is InChI=1S/C16H22N2O/c1-17-14-9-5-6-10-15(14)18(16(17)19)12-11-13-7-3-2-4-8-13/h5-6,9-10,13H,2-4,7-8,11-12H2,1H3. The number of benzene rings is 1. The number of para-hydroxylation sites is 2. The maximum Gasteiger partial charge on any atom is 0.328 e. The molecule has 0 atom stereocenters. The van der Waals surface area contributed by atoms with Crippen molar-refractivity contribution < 1.29 is 0 Å². The van der Waals surface area contributed by atoms with Crippen molar-refractivity contribution in [2.24, 2.45) is 13.0 Å². The highest BCUT2D eigenvalue weighted by atomic mass is 16.1. The van der Waals surface area contributed by atoms with E-state index in [0.717, 1.165) is 29.9 Å². The molecule has 0 unspecified atom stereocenters. The molecule has 3 heteroatoms. The van der Waals surface area contributed by atoms with Gasteiger partial charge in [0.1, 0.15) is 0 Å². The Morgan fingerprint density at radius 1 is 1.11 bits per heavy atom. The first kappa shape index (κ1) is 12.5. The Kier molecular flexibility index (Phi) is 3.45. The molecule has 0 radical (unpaired) electrons. The zero-order valence-corrected chi connectivity index (χ0v) is 11.6. The number of rotatable bonds is 3. The lowest BCUT2D eigenvalue weighted by Gasteiger charge is -2.21. The highest BCUT2D eigenvalue weighted by Gasteiger charge is 2.15. The van der Waals surface area contributed by atoms with Crippen molar-refractivity contribution in [1.29, 1.82) is 0 Å². The largest absolute Gasteiger partial charge is 0.328 e. The molecule has 102 valence electrons. The zero-order valence-electron chi connectivity index (χ0n) is 11.6. The van der Waals surface area contributed by atoms with Crippen molar-refractivity contribution >= 4 is 11.0 Å². The molecule has 1 fully saturated rings. The van der Waals surface area contributed by atoms with Crippen LogP contribution in [0.2, 0.25) is 0 Å². The molecule has 1 heterocycles. The summed E-state index contributed by atoms with van der Waals surface area (Å²) in [7, 11) is 1.86. The monoisotopic (exact) mass is 258 g/mol. The summed E-state index contributed by atoms with van der Waals surface area (Å²) in [6.45, 7) is 0.866. The number of fused-ring (bicyclic) bond motifs is 1. The van der Waals surface area contributed by atoms with E-state index in [-0.39, 0.29) is 5.69 Å². The zero-order chi connectivity index (χ0) is 13.2. The van der Waals surface area contributed by atoms with Crippen LogP contribution in [0, 0.1) is 5.92 Å². The number of imidazole rings is 1. The summed E-state index contributed by atoms with van der Waals surface area (Å²) in [5.74, 6) is 0.819. The summed E-state index contributed by atoms with van der Waals surface area (Å²) in [6, 6.07) is 8.08. The number of aryl methyl sites for hydroxylation is 2. The van der Waals surface area contributed by atoms with Crippen LogP contribution in [-0.2, 0) is 13.6 Å². The fourth-order valence-corrected chi connectivity index (χ4v) is 3.37. The van der Waals surface area contributed by atoms with E-state index in [4.69, 9.17) is 0 Å². The fourth-order valence-electron chi connectivity index (χ4n) is 3.37. The quantitative estimate of drug-likeness (QED) is 0.829. The fraction of sp³-hybridized carbons (Fsp3) is 0.562. The lowest BCUT2D eigenvalue weighted by molar-refractivity contribution is 0.324. The molecule has 1 aliphatic carbocycles. The van der Waals surface area contributed by atoms with Crippen LogP contribution in [-0.4, -0.2) is 9.13 Å². The number of nitrogens with zero attached hydrogens (tertiary/aromatic N) is 2. The maximum absolute atomic E-state index is 12.3. The molecule has 2 aromatic rings. The summed E-state index contributed by atoms with van der Waals surface area (Å²) in [5.41, 5.74) is 2.24. The van der Waals surface area contributed by atoms with E-state index in [2.05, 4.69) is 6.07 Å². The second kappa shape index (κ2) is 5.24. The smallest absolute Gasteiger partial charge is 0.295 e. The molecule has 3 rings (SSSR count). The average Bonchev–Trinajstić information content (AvgIpc) is 2.71. The van der Waals surface area contributed by atoms with Crippen LogP contribution in [0.5, 0.6) is 0 Å². The summed E-state index contributed by atoms with van der Waals surface area (Å²) in [5, 5.41) is 0. The van der Waals surface area contributed by atoms with E-state index < -0.39 is 0 Å². The third-order valence-electron chi connectivity index (χ3n) is 4.54. The number of hydrogen-bond donors (Lipinski definition) is 0. The minimum atomic E-state index is 0.122. The van der Waals surface area contributed by atoms with Crippen molar-refractivity contribution in [2.45, 2.75) is 45.1 Å². The Morgan fingerprint density at radius 3 is 2.53 bits per heavy atom. The molecule has 0 bridgehead atoms. The number of hydrogen-bond acceptors (Lipinski definition) is 1. The van der Waals surface area contributed by atoms with Crippen LogP contribution < -0.4 is 5.69 Å². The molecule has 1 aromatic carbocycles. The molecule has 1 aromatic heterocycles. The first-order chi connectivity index (χ1) is 9.27. The van der Waals surface area contributed by atoms with Gasteiger partial charge >= 0.3 is 5.69 Å². The minimum Gasteiger partial charge on any atom is -0.295 e. The van der Waals surface area contributed by atoms with Gasteiger partial charge in [0.2, 0.25) is 0 Å². The minimum absolute atomic E-state index is 0.122. The van der Waals surface area contributed by atoms with Crippen molar-refractivity contribution in [3.05, 3.63) is 34.7 Å². The van der Waals surface area contributed by atoms with E-state index in [1.807, 2.05) is 29.8 Å². The van der Waals surface area contributed by atoms with Crippen molar-refractivity contribution in [3.63, 3.8) is 0 Å². The van der Waals surface area contributed by atoms with Crippen molar-refractivity contribution in [3.8, 4) is 0 Å². The van der Waals surface area contributed by atoms with Crippen LogP contribution in [0.3, 0.4) is 0 Å². The lowest BCUT2D eigenvalue weighted by Crippen LogP contribution is -2.23. The molecular weight excluding hydrogens is 236 g/mol. The molecule has 1 saturated carbocycles. The second-order valence-corrected chi connectivity index (χ2v) is 5.77. The average molecular weight is 258 g/mol. The van der Waals surface area contributed by atoms with Gasteiger partial charge in [0.05, 0.1) is 11.0 Å². The van der Waals surface area contributed by atoms with Gasteiger partial charge in [-0.05, 0) is 24.5 Å². The SMILES string of the molecule is Cn1c(=O)n(CCC2CCCCC2)c2ccccc21. The topological polar surface area (TPSA) is 26.9 Å². The normalized spacial score (nSPS) is 17.1. The molecule has 0 aliphatic heterocycles. The third kappa shape index (κ3) is 2.34. The summed E-state index contributed by atoms with van der Waals surface area (Å²) >= 11 is 0. The molecule has 0 spiro atoms. The van der Waals surface area contributed by atoms with Crippen LogP contribution in [0.25, 0.3) is 11.0 Å².